The SMILES string of the molecule is COc1ccc(C(CC(=O)Nc2ccc(Oc3ncccn3)cc2C)NC(C)=O)cc1. The summed E-state index contributed by atoms with van der Waals surface area (Å²) in [4.78, 5) is 32.4. The summed E-state index contributed by atoms with van der Waals surface area (Å²) < 4.78 is 10.8. The molecule has 8 nitrogen and oxygen atoms in total. The van der Waals surface area contributed by atoms with Crippen LogP contribution in [0.25, 0.3) is 0 Å². The summed E-state index contributed by atoms with van der Waals surface area (Å²) in [5, 5.41) is 5.72. The average molecular weight is 420 g/mol. The molecule has 1 unspecified atom stereocenters. The fourth-order valence-electron chi connectivity index (χ4n) is 3.00. The number of nitrogens with one attached hydrogen (secondary N) is 2. The molecule has 8 heteroatoms. The van der Waals surface area contributed by atoms with E-state index >= 15 is 0 Å². The number of nitrogens with zero attached hydrogens (tertiary/aromatic N) is 2. The molecule has 0 saturated heterocycles. The summed E-state index contributed by atoms with van der Waals surface area (Å²) in [5.74, 6) is 0.830. The van der Waals surface area contributed by atoms with Crippen LogP contribution in [0, 0.1) is 6.92 Å². The number of ether oxygens (including phenoxy) is 2. The first kappa shape index (κ1) is 21.8. The van der Waals surface area contributed by atoms with Gasteiger partial charge in [-0.3, -0.25) is 9.59 Å². The highest BCUT2D eigenvalue weighted by atomic mass is 16.5. The molecule has 0 fully saturated rings. The molecule has 0 radical (unpaired) electrons. The second-order valence-electron chi connectivity index (χ2n) is 6.89. The summed E-state index contributed by atoms with van der Waals surface area (Å²) in [5.41, 5.74) is 2.29. The Hall–Kier alpha value is -3.94. The third-order valence-electron chi connectivity index (χ3n) is 4.51. The van der Waals surface area contributed by atoms with Crippen LogP contribution in [0.1, 0.15) is 30.5 Å². The van der Waals surface area contributed by atoms with Crippen LogP contribution in [0.4, 0.5) is 5.69 Å². The van der Waals surface area contributed by atoms with Crippen LogP contribution in [-0.2, 0) is 9.59 Å². The van der Waals surface area contributed by atoms with Gasteiger partial charge in [0.2, 0.25) is 11.8 Å². The zero-order chi connectivity index (χ0) is 22.2. The molecule has 0 aliphatic rings. The minimum absolute atomic E-state index is 0.0848. The number of benzene rings is 2. The number of carbonyl (C=O) groups excluding carboxylic acids is 2. The van der Waals surface area contributed by atoms with Crippen LogP contribution in [0.5, 0.6) is 17.5 Å². The third-order valence-corrected chi connectivity index (χ3v) is 4.51. The molecule has 0 spiro atoms. The van der Waals surface area contributed by atoms with E-state index in [1.807, 2.05) is 19.1 Å². The Bertz CT molecular complexity index is 1040. The quantitative estimate of drug-likeness (QED) is 0.575. The highest BCUT2D eigenvalue weighted by molar-refractivity contribution is 5.92. The van der Waals surface area contributed by atoms with Gasteiger partial charge in [0.1, 0.15) is 11.5 Å². The van der Waals surface area contributed by atoms with E-state index in [2.05, 4.69) is 20.6 Å². The maximum atomic E-state index is 12.7. The molecule has 0 bridgehead atoms. The number of anilines is 1. The van der Waals surface area contributed by atoms with Crippen LogP contribution in [0.2, 0.25) is 0 Å². The third kappa shape index (κ3) is 6.27. The Morgan fingerprint density at radius 2 is 1.71 bits per heavy atom. The van der Waals surface area contributed by atoms with Gasteiger partial charge in [0.25, 0.3) is 0 Å². The van der Waals surface area contributed by atoms with Crippen molar-refractivity contribution < 1.29 is 19.1 Å². The maximum Gasteiger partial charge on any atom is 0.321 e. The van der Waals surface area contributed by atoms with Gasteiger partial charge in [0.15, 0.2) is 0 Å². The Kier molecular flexibility index (Phi) is 7.16. The molecule has 3 rings (SSSR count). The van der Waals surface area contributed by atoms with E-state index in [1.54, 1.807) is 55.9 Å². The predicted molar refractivity (Wildman–Crippen MR) is 116 cm³/mol. The summed E-state index contributed by atoms with van der Waals surface area (Å²) >= 11 is 0. The molecular weight excluding hydrogens is 396 g/mol. The molecule has 31 heavy (non-hydrogen) atoms. The van der Waals surface area contributed by atoms with Crippen LogP contribution in [0.15, 0.2) is 60.9 Å². The van der Waals surface area contributed by atoms with Crippen molar-refractivity contribution in [1.82, 2.24) is 15.3 Å². The van der Waals surface area contributed by atoms with Crippen molar-refractivity contribution in [2.75, 3.05) is 12.4 Å². The van der Waals surface area contributed by atoms with Gasteiger partial charge in [-0.1, -0.05) is 12.1 Å². The van der Waals surface area contributed by atoms with E-state index in [1.165, 1.54) is 6.92 Å². The van der Waals surface area contributed by atoms with Crippen molar-refractivity contribution in [3.8, 4) is 17.5 Å². The first-order valence-corrected chi connectivity index (χ1v) is 9.71. The second kappa shape index (κ2) is 10.2. The lowest BCUT2D eigenvalue weighted by Crippen LogP contribution is -2.29. The highest BCUT2D eigenvalue weighted by Crippen LogP contribution is 2.25. The number of aromatic nitrogens is 2. The number of hydrogen-bond acceptors (Lipinski definition) is 6. The van der Waals surface area contributed by atoms with Crippen molar-refractivity contribution in [3.05, 3.63) is 72.1 Å². The number of hydrogen-bond donors (Lipinski definition) is 2. The van der Waals surface area contributed by atoms with Gasteiger partial charge in [-0.05, 0) is 54.4 Å². The van der Waals surface area contributed by atoms with E-state index in [0.717, 1.165) is 11.1 Å². The zero-order valence-electron chi connectivity index (χ0n) is 17.6. The number of aryl methyl sites for hydroxylation is 1. The minimum atomic E-state index is -0.457. The Morgan fingerprint density at radius 1 is 1.03 bits per heavy atom. The smallest absolute Gasteiger partial charge is 0.321 e. The Morgan fingerprint density at radius 3 is 2.32 bits per heavy atom. The maximum absolute atomic E-state index is 12.7. The lowest BCUT2D eigenvalue weighted by Gasteiger charge is -2.19. The van der Waals surface area contributed by atoms with Gasteiger partial charge in [-0.2, -0.15) is 0 Å². The number of carbonyl (C=O) groups is 2. The second-order valence-corrected chi connectivity index (χ2v) is 6.89. The number of methoxy groups -OCH3 is 1. The lowest BCUT2D eigenvalue weighted by molar-refractivity contribution is -0.120. The van der Waals surface area contributed by atoms with E-state index < -0.39 is 6.04 Å². The predicted octanol–water partition coefficient (Wildman–Crippen LogP) is 3.79. The molecule has 0 aliphatic carbocycles. The summed E-state index contributed by atoms with van der Waals surface area (Å²) in [6.45, 7) is 3.29. The van der Waals surface area contributed by atoms with Crippen LogP contribution in [0.3, 0.4) is 0 Å². The molecule has 0 saturated carbocycles. The van der Waals surface area contributed by atoms with Gasteiger partial charge in [0.05, 0.1) is 19.6 Å². The summed E-state index contributed by atoms with van der Waals surface area (Å²) in [6, 6.07) is 14.0. The molecule has 2 amide bonds. The Labute approximate surface area is 180 Å². The van der Waals surface area contributed by atoms with Crippen molar-refractivity contribution >= 4 is 17.5 Å². The van der Waals surface area contributed by atoms with Gasteiger partial charge in [0, 0.05) is 25.0 Å². The fourth-order valence-corrected chi connectivity index (χ4v) is 3.00. The molecule has 2 aromatic carbocycles. The zero-order valence-corrected chi connectivity index (χ0v) is 17.6. The first-order chi connectivity index (χ1) is 14.9. The normalized spacial score (nSPS) is 11.3. The van der Waals surface area contributed by atoms with Crippen molar-refractivity contribution in [2.24, 2.45) is 0 Å². The first-order valence-electron chi connectivity index (χ1n) is 9.71. The average Bonchev–Trinajstić information content (AvgIpc) is 2.76. The summed E-state index contributed by atoms with van der Waals surface area (Å²) in [7, 11) is 1.58. The monoisotopic (exact) mass is 420 g/mol. The molecule has 1 heterocycles. The van der Waals surface area contributed by atoms with Gasteiger partial charge >= 0.3 is 6.01 Å². The highest BCUT2D eigenvalue weighted by Gasteiger charge is 2.18. The topological polar surface area (TPSA) is 102 Å². The molecule has 1 atom stereocenters. The van der Waals surface area contributed by atoms with Crippen LogP contribution in [-0.4, -0.2) is 28.9 Å². The Balaban J connectivity index is 1.67. The summed E-state index contributed by atoms with van der Waals surface area (Å²) in [6.07, 6.45) is 3.28. The van der Waals surface area contributed by atoms with Gasteiger partial charge in [-0.25, -0.2) is 9.97 Å². The molecule has 0 aliphatic heterocycles. The van der Waals surface area contributed by atoms with Crippen LogP contribution < -0.4 is 20.1 Å². The van der Waals surface area contributed by atoms with E-state index in [-0.39, 0.29) is 24.2 Å². The van der Waals surface area contributed by atoms with Gasteiger partial charge < -0.3 is 20.1 Å². The standard InChI is InChI=1S/C23H24N4O4/c1-15-13-19(31-23-24-11-4-12-25-23)9-10-20(15)27-22(29)14-21(26-16(2)28)17-5-7-18(30-3)8-6-17/h4-13,21H,14H2,1-3H3,(H,26,28)(H,27,29). The van der Waals surface area contributed by atoms with Crippen molar-refractivity contribution in [1.29, 1.82) is 0 Å². The van der Waals surface area contributed by atoms with E-state index in [9.17, 15) is 9.59 Å². The van der Waals surface area contributed by atoms with E-state index in [4.69, 9.17) is 9.47 Å². The largest absolute Gasteiger partial charge is 0.497 e. The minimum Gasteiger partial charge on any atom is -0.497 e. The van der Waals surface area contributed by atoms with Crippen molar-refractivity contribution in [3.63, 3.8) is 0 Å². The number of amides is 2. The fraction of sp³-hybridized carbons (Fsp3) is 0.217. The van der Waals surface area contributed by atoms with E-state index in [0.29, 0.717) is 17.2 Å². The molecule has 3 aromatic rings. The lowest BCUT2D eigenvalue weighted by atomic mass is 10.0. The van der Waals surface area contributed by atoms with Crippen molar-refractivity contribution in [2.45, 2.75) is 26.3 Å². The molecular formula is C23H24N4O4. The number of rotatable bonds is 8. The van der Waals surface area contributed by atoms with Gasteiger partial charge in [-0.15, -0.1) is 0 Å². The molecule has 1 aromatic heterocycles. The van der Waals surface area contributed by atoms with Crippen LogP contribution >= 0.6 is 0 Å². The molecule has 160 valence electrons. The molecule has 2 N–H and O–H groups in total.